The second kappa shape index (κ2) is 5.52. The Labute approximate surface area is 147 Å². The Kier molecular flexibility index (Phi) is 3.40. The molecule has 0 fully saturated rings. The maximum atomic E-state index is 13.0. The van der Waals surface area contributed by atoms with E-state index in [1.807, 2.05) is 19.9 Å². The van der Waals surface area contributed by atoms with Gasteiger partial charge >= 0.3 is 0 Å². The van der Waals surface area contributed by atoms with E-state index in [9.17, 15) is 19.7 Å². The minimum absolute atomic E-state index is 0.0345. The molecule has 0 radical (unpaired) electrons. The molecular formula is C19H14N2O5. The molecule has 1 atom stereocenters. The van der Waals surface area contributed by atoms with Crippen molar-refractivity contribution in [2.75, 3.05) is 0 Å². The zero-order valence-corrected chi connectivity index (χ0v) is 14.0. The Bertz CT molecular complexity index is 1160. The van der Waals surface area contributed by atoms with Crippen LogP contribution >= 0.6 is 0 Å². The number of nitrogens with zero attached hydrogens (tertiary/aromatic N) is 1. The lowest BCUT2D eigenvalue weighted by molar-refractivity contribution is -0.384. The van der Waals surface area contributed by atoms with Gasteiger partial charge in [-0.25, -0.2) is 0 Å². The van der Waals surface area contributed by atoms with Gasteiger partial charge < -0.3 is 9.73 Å². The van der Waals surface area contributed by atoms with Gasteiger partial charge in [0.2, 0.25) is 5.76 Å². The van der Waals surface area contributed by atoms with E-state index < -0.39 is 16.9 Å². The Morgan fingerprint density at radius 1 is 1.15 bits per heavy atom. The zero-order chi connectivity index (χ0) is 18.6. The first-order valence-electron chi connectivity index (χ1n) is 8.00. The lowest BCUT2D eigenvalue weighted by Crippen LogP contribution is -2.22. The summed E-state index contributed by atoms with van der Waals surface area (Å²) >= 11 is 0. The van der Waals surface area contributed by atoms with Crippen molar-refractivity contribution in [1.82, 2.24) is 5.32 Å². The standard InChI is InChI=1S/C19H14N2O5/c1-9-6-7-13-16(22)14-15(11-4-3-5-12(8-11)21(24)25)20-19(23)18(14)26-17(13)10(9)2/h3-8,15H,1-2H3,(H,20,23). The van der Waals surface area contributed by atoms with E-state index in [0.717, 1.165) is 11.1 Å². The van der Waals surface area contributed by atoms with Crippen molar-refractivity contribution in [3.05, 3.63) is 84.7 Å². The summed E-state index contributed by atoms with van der Waals surface area (Å²) in [6.07, 6.45) is 0. The molecule has 2 heterocycles. The van der Waals surface area contributed by atoms with Crippen LogP contribution in [0.3, 0.4) is 0 Å². The van der Waals surface area contributed by atoms with Crippen LogP contribution in [0.5, 0.6) is 0 Å². The average molecular weight is 350 g/mol. The fourth-order valence-electron chi connectivity index (χ4n) is 3.27. The number of amides is 1. The predicted octanol–water partition coefficient (Wildman–Crippen LogP) is 3.15. The van der Waals surface area contributed by atoms with Gasteiger partial charge in [-0.1, -0.05) is 18.2 Å². The molecule has 1 N–H and O–H groups in total. The third-order valence-electron chi connectivity index (χ3n) is 4.80. The fraction of sp³-hybridized carbons (Fsp3) is 0.158. The van der Waals surface area contributed by atoms with Crippen molar-refractivity contribution >= 4 is 22.6 Å². The summed E-state index contributed by atoms with van der Waals surface area (Å²) in [7, 11) is 0. The van der Waals surface area contributed by atoms with Gasteiger partial charge in [-0.15, -0.1) is 0 Å². The average Bonchev–Trinajstić information content (AvgIpc) is 2.96. The van der Waals surface area contributed by atoms with Crippen LogP contribution in [0.1, 0.15) is 38.9 Å². The van der Waals surface area contributed by atoms with Gasteiger partial charge in [0.15, 0.2) is 5.43 Å². The van der Waals surface area contributed by atoms with Crippen molar-refractivity contribution in [1.29, 1.82) is 0 Å². The van der Waals surface area contributed by atoms with Crippen molar-refractivity contribution < 1.29 is 14.1 Å². The second-order valence-corrected chi connectivity index (χ2v) is 6.32. The molecule has 0 aliphatic carbocycles. The monoisotopic (exact) mass is 350 g/mol. The molecule has 0 spiro atoms. The second-order valence-electron chi connectivity index (χ2n) is 6.32. The van der Waals surface area contributed by atoms with Crippen LogP contribution in [0.4, 0.5) is 5.69 Å². The Morgan fingerprint density at radius 3 is 2.65 bits per heavy atom. The highest BCUT2D eigenvalue weighted by Crippen LogP contribution is 2.33. The van der Waals surface area contributed by atoms with E-state index in [1.165, 1.54) is 18.2 Å². The van der Waals surface area contributed by atoms with Crippen molar-refractivity contribution in [3.63, 3.8) is 0 Å². The molecule has 1 aliphatic heterocycles. The number of rotatable bonds is 2. The Balaban J connectivity index is 1.98. The number of carbonyl (C=O) groups is 1. The molecule has 130 valence electrons. The molecular weight excluding hydrogens is 336 g/mol. The number of nitro groups is 1. The van der Waals surface area contributed by atoms with Crippen LogP contribution in [-0.4, -0.2) is 10.8 Å². The molecule has 0 saturated carbocycles. The molecule has 0 bridgehead atoms. The van der Waals surface area contributed by atoms with Crippen LogP contribution in [0.25, 0.3) is 11.0 Å². The summed E-state index contributed by atoms with van der Waals surface area (Å²) in [4.78, 5) is 35.9. The molecule has 3 aromatic rings. The lowest BCUT2D eigenvalue weighted by atomic mass is 9.97. The van der Waals surface area contributed by atoms with Gasteiger partial charge in [-0.3, -0.25) is 19.7 Å². The van der Waals surface area contributed by atoms with Crippen LogP contribution < -0.4 is 10.7 Å². The maximum absolute atomic E-state index is 13.0. The highest BCUT2D eigenvalue weighted by Gasteiger charge is 2.36. The quantitative estimate of drug-likeness (QED) is 0.565. The van der Waals surface area contributed by atoms with Gasteiger partial charge in [0.25, 0.3) is 11.6 Å². The number of nitrogens with one attached hydrogen (secondary N) is 1. The van der Waals surface area contributed by atoms with Crippen LogP contribution in [-0.2, 0) is 0 Å². The number of aryl methyl sites for hydroxylation is 2. The van der Waals surface area contributed by atoms with Crippen LogP contribution in [0.2, 0.25) is 0 Å². The molecule has 1 unspecified atom stereocenters. The molecule has 4 rings (SSSR count). The van der Waals surface area contributed by atoms with Crippen LogP contribution in [0, 0.1) is 24.0 Å². The number of nitro benzene ring substituents is 1. The molecule has 0 saturated heterocycles. The Morgan fingerprint density at radius 2 is 1.92 bits per heavy atom. The number of hydrogen-bond donors (Lipinski definition) is 1. The van der Waals surface area contributed by atoms with Crippen molar-refractivity contribution in [3.8, 4) is 0 Å². The third kappa shape index (κ3) is 2.21. The first-order valence-corrected chi connectivity index (χ1v) is 8.00. The summed E-state index contributed by atoms with van der Waals surface area (Å²) in [5, 5.41) is 14.1. The number of non-ortho nitro benzene ring substituents is 1. The summed E-state index contributed by atoms with van der Waals surface area (Å²) in [5.41, 5.74) is 2.38. The normalized spacial score (nSPS) is 15.8. The summed E-state index contributed by atoms with van der Waals surface area (Å²) in [6, 6.07) is 8.59. The third-order valence-corrected chi connectivity index (χ3v) is 4.80. The molecule has 1 aromatic heterocycles. The first-order chi connectivity index (χ1) is 12.4. The molecule has 2 aromatic carbocycles. The number of fused-ring (bicyclic) bond motifs is 2. The number of carbonyl (C=O) groups excluding carboxylic acids is 1. The number of hydrogen-bond acceptors (Lipinski definition) is 5. The minimum Gasteiger partial charge on any atom is -0.450 e. The topological polar surface area (TPSA) is 102 Å². The van der Waals surface area contributed by atoms with E-state index in [0.29, 0.717) is 16.5 Å². The smallest absolute Gasteiger partial charge is 0.288 e. The zero-order valence-electron chi connectivity index (χ0n) is 14.0. The maximum Gasteiger partial charge on any atom is 0.288 e. The van der Waals surface area contributed by atoms with E-state index in [4.69, 9.17) is 4.42 Å². The molecule has 26 heavy (non-hydrogen) atoms. The SMILES string of the molecule is Cc1ccc2c(=O)c3c(oc2c1C)C(=O)NC3c1cccc([N+](=O)[O-])c1. The van der Waals surface area contributed by atoms with E-state index in [-0.39, 0.29) is 22.4 Å². The minimum atomic E-state index is -0.778. The van der Waals surface area contributed by atoms with Gasteiger partial charge in [0.05, 0.1) is 21.9 Å². The largest absolute Gasteiger partial charge is 0.450 e. The lowest BCUT2D eigenvalue weighted by Gasteiger charge is -2.12. The first kappa shape index (κ1) is 16.0. The van der Waals surface area contributed by atoms with Gasteiger partial charge in [-0.05, 0) is 36.6 Å². The van der Waals surface area contributed by atoms with Gasteiger partial charge in [0.1, 0.15) is 5.58 Å². The summed E-state index contributed by atoms with van der Waals surface area (Å²) in [6.45, 7) is 3.73. The fourth-order valence-corrected chi connectivity index (χ4v) is 3.27. The Hall–Kier alpha value is -3.48. The van der Waals surface area contributed by atoms with Crippen LogP contribution in [0.15, 0.2) is 45.6 Å². The van der Waals surface area contributed by atoms with E-state index in [1.54, 1.807) is 12.1 Å². The summed E-state index contributed by atoms with van der Waals surface area (Å²) < 4.78 is 5.79. The molecule has 1 aliphatic rings. The number of benzene rings is 2. The molecule has 7 heteroatoms. The highest BCUT2D eigenvalue weighted by atomic mass is 16.6. The summed E-state index contributed by atoms with van der Waals surface area (Å²) in [5.74, 6) is -0.538. The van der Waals surface area contributed by atoms with Crippen molar-refractivity contribution in [2.45, 2.75) is 19.9 Å². The highest BCUT2D eigenvalue weighted by molar-refractivity contribution is 5.99. The van der Waals surface area contributed by atoms with Crippen molar-refractivity contribution in [2.24, 2.45) is 0 Å². The van der Waals surface area contributed by atoms with Gasteiger partial charge in [0, 0.05) is 12.1 Å². The van der Waals surface area contributed by atoms with E-state index in [2.05, 4.69) is 5.32 Å². The molecule has 7 nitrogen and oxygen atoms in total. The predicted molar refractivity (Wildman–Crippen MR) is 94.4 cm³/mol. The molecule has 1 amide bonds. The van der Waals surface area contributed by atoms with Gasteiger partial charge in [-0.2, -0.15) is 0 Å². The van der Waals surface area contributed by atoms with E-state index >= 15 is 0 Å².